The summed E-state index contributed by atoms with van der Waals surface area (Å²) in [7, 11) is 0. The Morgan fingerprint density at radius 3 is 2.71 bits per heavy atom. The zero-order valence-electron chi connectivity index (χ0n) is 12.0. The molecule has 0 aliphatic heterocycles. The van der Waals surface area contributed by atoms with Gasteiger partial charge in [-0.05, 0) is 38.1 Å². The van der Waals surface area contributed by atoms with Gasteiger partial charge in [0.2, 0.25) is 5.89 Å². The highest BCUT2D eigenvalue weighted by Crippen LogP contribution is 2.13. The SMILES string of the molecule is Cc1cnc(C(C)NCCOc2ccc(C(=O)O)cc2)o1. The molecule has 6 nitrogen and oxygen atoms in total. The van der Waals surface area contributed by atoms with Gasteiger partial charge in [-0.1, -0.05) is 0 Å². The average molecular weight is 290 g/mol. The molecular formula is C15H18N2O4. The number of oxazole rings is 1. The Morgan fingerprint density at radius 2 is 2.14 bits per heavy atom. The molecule has 0 fully saturated rings. The third-order valence-electron chi connectivity index (χ3n) is 2.93. The summed E-state index contributed by atoms with van der Waals surface area (Å²) in [6.07, 6.45) is 1.69. The highest BCUT2D eigenvalue weighted by atomic mass is 16.5. The summed E-state index contributed by atoms with van der Waals surface area (Å²) in [4.78, 5) is 14.9. The largest absolute Gasteiger partial charge is 0.492 e. The lowest BCUT2D eigenvalue weighted by Gasteiger charge is -2.11. The van der Waals surface area contributed by atoms with Crippen molar-refractivity contribution in [3.63, 3.8) is 0 Å². The number of carboxylic acid groups (broad SMARTS) is 1. The van der Waals surface area contributed by atoms with Gasteiger partial charge in [0.25, 0.3) is 0 Å². The molecule has 2 rings (SSSR count). The van der Waals surface area contributed by atoms with E-state index >= 15 is 0 Å². The van der Waals surface area contributed by atoms with Crippen LogP contribution in [0.2, 0.25) is 0 Å². The van der Waals surface area contributed by atoms with Crippen LogP contribution in [0.25, 0.3) is 0 Å². The normalized spacial score (nSPS) is 12.1. The van der Waals surface area contributed by atoms with E-state index in [1.807, 2.05) is 13.8 Å². The van der Waals surface area contributed by atoms with Crippen molar-refractivity contribution in [2.24, 2.45) is 0 Å². The molecule has 0 aliphatic carbocycles. The minimum atomic E-state index is -0.946. The smallest absolute Gasteiger partial charge is 0.335 e. The van der Waals surface area contributed by atoms with Crippen molar-refractivity contribution in [2.45, 2.75) is 19.9 Å². The van der Waals surface area contributed by atoms with Gasteiger partial charge in [-0.2, -0.15) is 0 Å². The van der Waals surface area contributed by atoms with E-state index in [1.165, 1.54) is 12.1 Å². The van der Waals surface area contributed by atoms with E-state index in [0.29, 0.717) is 24.8 Å². The summed E-state index contributed by atoms with van der Waals surface area (Å²) in [5, 5.41) is 12.0. The number of carbonyl (C=O) groups is 1. The van der Waals surface area contributed by atoms with Crippen molar-refractivity contribution in [3.8, 4) is 5.75 Å². The Balaban J connectivity index is 1.73. The molecule has 0 saturated carbocycles. The van der Waals surface area contributed by atoms with E-state index in [2.05, 4.69) is 10.3 Å². The zero-order chi connectivity index (χ0) is 15.2. The number of carboxylic acids is 1. The molecule has 1 aromatic carbocycles. The molecule has 1 atom stereocenters. The first-order valence-corrected chi connectivity index (χ1v) is 6.68. The molecule has 1 unspecified atom stereocenters. The second-order valence-electron chi connectivity index (χ2n) is 4.66. The van der Waals surface area contributed by atoms with Crippen LogP contribution >= 0.6 is 0 Å². The molecule has 0 saturated heterocycles. The summed E-state index contributed by atoms with van der Waals surface area (Å²) in [6.45, 7) is 4.92. The van der Waals surface area contributed by atoms with Crippen LogP contribution < -0.4 is 10.1 Å². The number of ether oxygens (including phenoxy) is 1. The number of aromatic carboxylic acids is 1. The number of aryl methyl sites for hydroxylation is 1. The quantitative estimate of drug-likeness (QED) is 0.762. The standard InChI is InChI=1S/C15H18N2O4/c1-10-9-17-14(21-10)11(2)16-7-8-20-13-5-3-12(4-6-13)15(18)19/h3-6,9,11,16H,7-8H2,1-2H3,(H,18,19). The van der Waals surface area contributed by atoms with E-state index < -0.39 is 5.97 Å². The van der Waals surface area contributed by atoms with Gasteiger partial charge in [-0.3, -0.25) is 0 Å². The first-order valence-electron chi connectivity index (χ1n) is 6.68. The van der Waals surface area contributed by atoms with Gasteiger partial charge in [0.1, 0.15) is 18.1 Å². The second kappa shape index (κ2) is 6.90. The Hall–Kier alpha value is -2.34. The summed E-state index contributed by atoms with van der Waals surface area (Å²) in [6, 6.07) is 6.33. The maximum absolute atomic E-state index is 10.7. The van der Waals surface area contributed by atoms with Crippen LogP contribution in [0.3, 0.4) is 0 Å². The van der Waals surface area contributed by atoms with Gasteiger partial charge in [0.05, 0.1) is 17.8 Å². The van der Waals surface area contributed by atoms with Crippen molar-refractivity contribution in [1.29, 1.82) is 0 Å². The number of benzene rings is 1. The van der Waals surface area contributed by atoms with E-state index in [4.69, 9.17) is 14.3 Å². The van der Waals surface area contributed by atoms with Crippen LogP contribution in [0.5, 0.6) is 5.75 Å². The molecule has 6 heteroatoms. The Kier molecular flexibility index (Phi) is 4.94. The van der Waals surface area contributed by atoms with Crippen LogP contribution in [0, 0.1) is 6.92 Å². The molecule has 1 aromatic heterocycles. The zero-order valence-corrected chi connectivity index (χ0v) is 12.0. The number of nitrogens with one attached hydrogen (secondary N) is 1. The molecule has 0 aliphatic rings. The van der Waals surface area contributed by atoms with E-state index in [9.17, 15) is 4.79 Å². The minimum Gasteiger partial charge on any atom is -0.492 e. The molecule has 2 N–H and O–H groups in total. The fourth-order valence-corrected chi connectivity index (χ4v) is 1.80. The van der Waals surface area contributed by atoms with Crippen LogP contribution in [-0.4, -0.2) is 29.2 Å². The van der Waals surface area contributed by atoms with E-state index in [-0.39, 0.29) is 11.6 Å². The average Bonchev–Trinajstić information content (AvgIpc) is 2.90. The van der Waals surface area contributed by atoms with Gasteiger partial charge >= 0.3 is 5.97 Å². The topological polar surface area (TPSA) is 84.6 Å². The molecule has 2 aromatic rings. The number of nitrogens with zero attached hydrogens (tertiary/aromatic N) is 1. The second-order valence-corrected chi connectivity index (χ2v) is 4.66. The lowest BCUT2D eigenvalue weighted by Crippen LogP contribution is -2.24. The number of rotatable bonds is 7. The Labute approximate surface area is 122 Å². The molecule has 0 spiro atoms. The highest BCUT2D eigenvalue weighted by molar-refractivity contribution is 5.87. The summed E-state index contributed by atoms with van der Waals surface area (Å²) in [5.41, 5.74) is 0.244. The van der Waals surface area contributed by atoms with Crippen molar-refractivity contribution >= 4 is 5.97 Å². The molecule has 0 amide bonds. The predicted octanol–water partition coefficient (Wildman–Crippen LogP) is 2.41. The molecule has 0 radical (unpaired) electrons. The Bertz CT molecular complexity index is 592. The van der Waals surface area contributed by atoms with Gasteiger partial charge in [-0.25, -0.2) is 9.78 Å². The van der Waals surface area contributed by atoms with Crippen molar-refractivity contribution in [2.75, 3.05) is 13.2 Å². The molecular weight excluding hydrogens is 272 g/mol. The van der Waals surface area contributed by atoms with Gasteiger partial charge in [-0.15, -0.1) is 0 Å². The first-order chi connectivity index (χ1) is 10.1. The van der Waals surface area contributed by atoms with Crippen molar-refractivity contribution in [3.05, 3.63) is 47.7 Å². The molecule has 1 heterocycles. The lowest BCUT2D eigenvalue weighted by atomic mass is 10.2. The van der Waals surface area contributed by atoms with E-state index in [1.54, 1.807) is 18.3 Å². The highest BCUT2D eigenvalue weighted by Gasteiger charge is 2.10. The van der Waals surface area contributed by atoms with Crippen LogP contribution in [-0.2, 0) is 0 Å². The summed E-state index contributed by atoms with van der Waals surface area (Å²) >= 11 is 0. The molecule has 112 valence electrons. The lowest BCUT2D eigenvalue weighted by molar-refractivity contribution is 0.0697. The number of aromatic nitrogens is 1. The monoisotopic (exact) mass is 290 g/mol. The predicted molar refractivity (Wildman–Crippen MR) is 76.6 cm³/mol. The summed E-state index contributed by atoms with van der Waals surface area (Å²) in [5.74, 6) is 1.13. The number of hydrogen-bond donors (Lipinski definition) is 2. The minimum absolute atomic E-state index is 0.0108. The third-order valence-corrected chi connectivity index (χ3v) is 2.93. The van der Waals surface area contributed by atoms with E-state index in [0.717, 1.165) is 5.76 Å². The maximum atomic E-state index is 10.7. The summed E-state index contributed by atoms with van der Waals surface area (Å²) < 4.78 is 11.0. The Morgan fingerprint density at radius 1 is 1.43 bits per heavy atom. The van der Waals surface area contributed by atoms with Crippen LogP contribution in [0.4, 0.5) is 0 Å². The van der Waals surface area contributed by atoms with Gasteiger partial charge < -0.3 is 19.6 Å². The number of hydrogen-bond acceptors (Lipinski definition) is 5. The fourth-order valence-electron chi connectivity index (χ4n) is 1.80. The first kappa shape index (κ1) is 15.1. The molecule has 21 heavy (non-hydrogen) atoms. The maximum Gasteiger partial charge on any atom is 0.335 e. The van der Waals surface area contributed by atoms with Crippen LogP contribution in [0.15, 0.2) is 34.9 Å². The van der Waals surface area contributed by atoms with Gasteiger partial charge in [0, 0.05) is 6.54 Å². The van der Waals surface area contributed by atoms with Crippen molar-refractivity contribution in [1.82, 2.24) is 10.3 Å². The molecule has 0 bridgehead atoms. The van der Waals surface area contributed by atoms with Crippen molar-refractivity contribution < 1.29 is 19.1 Å². The third kappa shape index (κ3) is 4.32. The van der Waals surface area contributed by atoms with Gasteiger partial charge in [0.15, 0.2) is 0 Å². The van der Waals surface area contributed by atoms with Crippen LogP contribution in [0.1, 0.15) is 35.0 Å². The fraction of sp³-hybridized carbons (Fsp3) is 0.333.